The molecule has 0 spiro atoms. The lowest BCUT2D eigenvalue weighted by atomic mass is 9.89. The molecule has 0 heterocycles. The molecular weight excluding hydrogens is 402 g/mol. The molecule has 33 heavy (non-hydrogen) atoms. The Labute approximate surface area is 209 Å². The van der Waals surface area contributed by atoms with E-state index in [-0.39, 0.29) is 0 Å². The Kier molecular flexibility index (Phi) is 29.3. The zero-order chi connectivity index (χ0) is 24.1. The maximum atomic E-state index is 5.63. The minimum absolute atomic E-state index is 0.856. The molecule has 198 valence electrons. The Morgan fingerprint density at radius 1 is 0.545 bits per heavy atom. The zero-order valence-electron chi connectivity index (χ0n) is 22.8. The summed E-state index contributed by atoms with van der Waals surface area (Å²) in [6.45, 7) is 6.22. The van der Waals surface area contributed by atoms with Crippen molar-refractivity contribution in [3.8, 4) is 0 Å². The Bertz CT molecular complexity index is 356. The Morgan fingerprint density at radius 2 is 1.03 bits per heavy atom. The summed E-state index contributed by atoms with van der Waals surface area (Å²) in [5.41, 5.74) is 11.3. The van der Waals surface area contributed by atoms with Crippen LogP contribution in [0.2, 0.25) is 0 Å². The topological polar surface area (TPSA) is 64.1 Å². The zero-order valence-corrected chi connectivity index (χ0v) is 22.8. The molecule has 0 rings (SSSR count). The Morgan fingerprint density at radius 3 is 1.61 bits per heavy atom. The molecule has 0 unspecified atom stereocenters. The van der Waals surface area contributed by atoms with Crippen LogP contribution in [0.4, 0.5) is 0 Å². The third-order valence-corrected chi connectivity index (χ3v) is 7.00. The monoisotopic (exact) mass is 466 g/mol. The van der Waals surface area contributed by atoms with Crippen LogP contribution in [0.15, 0.2) is 12.2 Å². The lowest BCUT2D eigenvalue weighted by molar-refractivity contribution is 0.367. The van der Waals surface area contributed by atoms with Gasteiger partial charge in [-0.25, -0.2) is 0 Å². The van der Waals surface area contributed by atoms with E-state index < -0.39 is 0 Å². The minimum atomic E-state index is 0.856. The highest BCUT2D eigenvalue weighted by atomic mass is 14.8. The average Bonchev–Trinajstić information content (AvgIpc) is 2.83. The van der Waals surface area contributed by atoms with Gasteiger partial charge in [0.15, 0.2) is 0 Å². The van der Waals surface area contributed by atoms with Gasteiger partial charge in [0.25, 0.3) is 0 Å². The van der Waals surface area contributed by atoms with Crippen LogP contribution in [0.1, 0.15) is 148 Å². The van der Waals surface area contributed by atoms with Crippen molar-refractivity contribution in [3.05, 3.63) is 12.2 Å². The highest BCUT2D eigenvalue weighted by Crippen LogP contribution is 2.24. The molecule has 0 saturated carbocycles. The summed E-state index contributed by atoms with van der Waals surface area (Å²) in [5.74, 6) is 0.954. The fourth-order valence-electron chi connectivity index (χ4n) is 4.76. The molecule has 0 saturated heterocycles. The molecule has 0 fully saturated rings. The molecule has 0 atom stereocenters. The van der Waals surface area contributed by atoms with Crippen LogP contribution in [0.5, 0.6) is 0 Å². The van der Waals surface area contributed by atoms with Crippen molar-refractivity contribution in [2.24, 2.45) is 17.4 Å². The lowest BCUT2D eigenvalue weighted by Crippen LogP contribution is -2.14. The van der Waals surface area contributed by atoms with E-state index in [1.807, 2.05) is 0 Å². The van der Waals surface area contributed by atoms with E-state index in [0.717, 1.165) is 25.6 Å². The van der Waals surface area contributed by atoms with Crippen molar-refractivity contribution in [1.29, 1.82) is 0 Å². The quantitative estimate of drug-likeness (QED) is 0.0804. The first kappa shape index (κ1) is 32.6. The molecule has 3 nitrogen and oxygen atoms in total. The number of unbranched alkanes of at least 4 members (excludes halogenated alkanes) is 15. The second-order valence-corrected chi connectivity index (χ2v) is 10.3. The highest BCUT2D eigenvalue weighted by molar-refractivity contribution is 4.83. The van der Waals surface area contributed by atoms with Gasteiger partial charge in [0.05, 0.1) is 0 Å². The predicted molar refractivity (Wildman–Crippen MR) is 151 cm³/mol. The molecule has 3 heteroatoms. The first-order valence-corrected chi connectivity index (χ1v) is 15.1. The van der Waals surface area contributed by atoms with Crippen LogP contribution < -0.4 is 16.8 Å². The molecule has 0 amide bonds. The van der Waals surface area contributed by atoms with Crippen LogP contribution in [0, 0.1) is 5.92 Å². The maximum absolute atomic E-state index is 5.63. The molecule has 0 aliphatic heterocycles. The van der Waals surface area contributed by atoms with Crippen molar-refractivity contribution < 1.29 is 0 Å². The van der Waals surface area contributed by atoms with Crippen molar-refractivity contribution in [1.82, 2.24) is 5.32 Å². The summed E-state index contributed by atoms with van der Waals surface area (Å²) in [4.78, 5) is 0. The molecule has 5 N–H and O–H groups in total. The molecule has 0 aliphatic rings. The second-order valence-electron chi connectivity index (χ2n) is 10.3. The number of allylic oxidation sites excluding steroid dienone is 1. The molecule has 0 bridgehead atoms. The lowest BCUT2D eigenvalue weighted by Gasteiger charge is -2.17. The van der Waals surface area contributed by atoms with E-state index in [0.29, 0.717) is 0 Å². The first-order valence-electron chi connectivity index (χ1n) is 15.1. The van der Waals surface area contributed by atoms with Crippen LogP contribution in [-0.2, 0) is 0 Å². The van der Waals surface area contributed by atoms with Gasteiger partial charge in [-0.2, -0.15) is 0 Å². The summed E-state index contributed by atoms with van der Waals surface area (Å²) in [6.07, 6.45) is 34.8. The summed E-state index contributed by atoms with van der Waals surface area (Å²) in [7, 11) is 0. The summed E-state index contributed by atoms with van der Waals surface area (Å²) >= 11 is 0. The Balaban J connectivity index is 3.62. The van der Waals surface area contributed by atoms with Crippen molar-refractivity contribution in [2.75, 3.05) is 26.2 Å². The normalized spacial score (nSPS) is 11.9. The smallest absolute Gasteiger partial charge is 0.0134 e. The van der Waals surface area contributed by atoms with Gasteiger partial charge in [-0.1, -0.05) is 128 Å². The molecule has 0 aromatic heterocycles. The SMILES string of the molecule is CCCCCCCCC=CCNCCCCCCC(CCCCCCN)CCCCCCN. The van der Waals surface area contributed by atoms with E-state index in [9.17, 15) is 0 Å². The molecule has 0 aliphatic carbocycles. The van der Waals surface area contributed by atoms with Gasteiger partial charge >= 0.3 is 0 Å². The van der Waals surface area contributed by atoms with Crippen molar-refractivity contribution in [3.63, 3.8) is 0 Å². The summed E-state index contributed by atoms with van der Waals surface area (Å²) in [5, 5.41) is 3.59. The maximum Gasteiger partial charge on any atom is 0.0134 e. The molecular formula is C30H63N3. The Hall–Kier alpha value is -0.380. The predicted octanol–water partition coefficient (Wildman–Crippen LogP) is 8.27. The van der Waals surface area contributed by atoms with Gasteiger partial charge < -0.3 is 16.8 Å². The van der Waals surface area contributed by atoms with Crippen LogP contribution in [0.3, 0.4) is 0 Å². The minimum Gasteiger partial charge on any atom is -0.330 e. The fourth-order valence-corrected chi connectivity index (χ4v) is 4.76. The van der Waals surface area contributed by atoms with Gasteiger partial charge in [0.1, 0.15) is 0 Å². The number of nitrogens with one attached hydrogen (secondary N) is 1. The van der Waals surface area contributed by atoms with Crippen LogP contribution in [0.25, 0.3) is 0 Å². The second kappa shape index (κ2) is 29.7. The number of hydrogen-bond donors (Lipinski definition) is 3. The average molecular weight is 466 g/mol. The summed E-state index contributed by atoms with van der Waals surface area (Å²) in [6, 6.07) is 0. The van der Waals surface area contributed by atoms with E-state index in [1.54, 1.807) is 0 Å². The number of rotatable bonds is 28. The molecule has 0 radical (unpaired) electrons. The van der Waals surface area contributed by atoms with Gasteiger partial charge in [0, 0.05) is 6.54 Å². The molecule has 0 aromatic carbocycles. The third-order valence-electron chi connectivity index (χ3n) is 7.00. The van der Waals surface area contributed by atoms with E-state index in [1.165, 1.54) is 148 Å². The third kappa shape index (κ3) is 27.7. The van der Waals surface area contributed by atoms with E-state index >= 15 is 0 Å². The van der Waals surface area contributed by atoms with Crippen molar-refractivity contribution >= 4 is 0 Å². The van der Waals surface area contributed by atoms with Gasteiger partial charge in [-0.3, -0.25) is 0 Å². The summed E-state index contributed by atoms with van der Waals surface area (Å²) < 4.78 is 0. The van der Waals surface area contributed by atoms with Gasteiger partial charge in [-0.05, 0) is 57.7 Å². The fraction of sp³-hybridized carbons (Fsp3) is 0.933. The highest BCUT2D eigenvalue weighted by Gasteiger charge is 2.08. The van der Waals surface area contributed by atoms with Gasteiger partial charge in [-0.15, -0.1) is 0 Å². The van der Waals surface area contributed by atoms with Crippen molar-refractivity contribution in [2.45, 2.75) is 148 Å². The van der Waals surface area contributed by atoms with Gasteiger partial charge in [0.2, 0.25) is 0 Å². The van der Waals surface area contributed by atoms with E-state index in [4.69, 9.17) is 11.5 Å². The van der Waals surface area contributed by atoms with Crippen LogP contribution >= 0.6 is 0 Å². The van der Waals surface area contributed by atoms with Crippen LogP contribution in [-0.4, -0.2) is 26.2 Å². The molecule has 0 aromatic rings. The first-order chi connectivity index (χ1) is 16.3. The largest absolute Gasteiger partial charge is 0.330 e. The standard InChI is InChI=1S/C30H63N3/c1-2-3-4-5-6-7-8-14-21-28-33-29-22-15-11-18-25-30(23-16-9-12-19-26-31)24-17-10-13-20-27-32/h14,21,30,33H,2-13,15-20,22-29,31-32H2,1H3. The number of hydrogen-bond acceptors (Lipinski definition) is 3. The number of nitrogens with two attached hydrogens (primary N) is 2. The van der Waals surface area contributed by atoms with E-state index in [2.05, 4.69) is 24.4 Å².